The summed E-state index contributed by atoms with van der Waals surface area (Å²) in [5, 5.41) is 21.6. The molecule has 2 heterocycles. The second-order valence-electron chi connectivity index (χ2n) is 4.83. The Morgan fingerprint density at radius 1 is 1.22 bits per heavy atom. The Hall–Kier alpha value is -2.09. The molecule has 116 valence electrons. The number of phenolic OH excluding ortho intramolecular Hbond substituents is 1. The smallest absolute Gasteiger partial charge is 0.211 e. The number of aromatic nitrogens is 2. The molecule has 9 heteroatoms. The molecule has 3 aromatic rings. The zero-order valence-electron chi connectivity index (χ0n) is 11.4. The van der Waals surface area contributed by atoms with Gasteiger partial charge in [-0.2, -0.15) is 5.10 Å². The average Bonchev–Trinajstić information content (AvgIpc) is 3.01. The van der Waals surface area contributed by atoms with Gasteiger partial charge in [0.25, 0.3) is 0 Å². The van der Waals surface area contributed by atoms with E-state index in [2.05, 4.69) is 25.2 Å². The number of phenols is 1. The lowest BCUT2D eigenvalue weighted by Crippen LogP contribution is -2.26. The van der Waals surface area contributed by atoms with E-state index in [0.717, 1.165) is 16.6 Å². The van der Waals surface area contributed by atoms with Crippen LogP contribution < -0.4 is 10.0 Å². The van der Waals surface area contributed by atoms with Gasteiger partial charge in [0.2, 0.25) is 5.96 Å². The highest BCUT2D eigenvalue weighted by atomic mass is 35.5. The van der Waals surface area contributed by atoms with E-state index >= 15 is 0 Å². The highest BCUT2D eigenvalue weighted by Crippen LogP contribution is 2.46. The second-order valence-corrected chi connectivity index (χ2v) is 6.46. The van der Waals surface area contributed by atoms with E-state index in [4.69, 9.17) is 23.2 Å². The fourth-order valence-electron chi connectivity index (χ4n) is 2.21. The van der Waals surface area contributed by atoms with Crippen molar-refractivity contribution in [1.29, 1.82) is 0 Å². The number of aliphatic imine (C=N–C) groups is 1. The van der Waals surface area contributed by atoms with Crippen LogP contribution in [-0.2, 0) is 0 Å². The molecular formula is C14H9Cl2N5OS. The van der Waals surface area contributed by atoms with E-state index in [1.165, 1.54) is 11.9 Å². The molecule has 0 spiro atoms. The number of H-pyrrole nitrogens is 1. The third-order valence-corrected chi connectivity index (χ3v) is 4.92. The maximum Gasteiger partial charge on any atom is 0.211 e. The standard InChI is InChI=1S/C14H9Cl2N5OS/c15-8-4-10-12(13(22)11(8)16)19-14(21-23-10)18-7-2-1-6-5-17-20-9(6)3-7/h1-5,22H,(H,17,20)(H2,18,19,21). The van der Waals surface area contributed by atoms with Crippen LogP contribution in [0.2, 0.25) is 10.0 Å². The number of benzene rings is 2. The van der Waals surface area contributed by atoms with Crippen LogP contribution in [-0.4, -0.2) is 21.3 Å². The fourth-order valence-corrected chi connectivity index (χ4v) is 3.34. The van der Waals surface area contributed by atoms with Gasteiger partial charge in [0.15, 0.2) is 5.75 Å². The number of rotatable bonds is 1. The molecule has 4 rings (SSSR count). The maximum absolute atomic E-state index is 10.1. The molecule has 0 fully saturated rings. The summed E-state index contributed by atoms with van der Waals surface area (Å²) in [5.41, 5.74) is 2.13. The lowest BCUT2D eigenvalue weighted by molar-refractivity contribution is 0.475. The Morgan fingerprint density at radius 2 is 2.09 bits per heavy atom. The molecule has 0 radical (unpaired) electrons. The van der Waals surface area contributed by atoms with Gasteiger partial charge in [-0.05, 0) is 36.2 Å². The zero-order chi connectivity index (χ0) is 16.0. The molecule has 0 saturated heterocycles. The van der Waals surface area contributed by atoms with Crippen LogP contribution in [0.15, 0.2) is 40.4 Å². The molecule has 1 aromatic heterocycles. The number of halogens is 2. The van der Waals surface area contributed by atoms with Crippen molar-refractivity contribution in [3.63, 3.8) is 0 Å². The third-order valence-electron chi connectivity index (χ3n) is 3.32. The van der Waals surface area contributed by atoms with E-state index in [0.29, 0.717) is 16.5 Å². The SMILES string of the molecule is Oc1c(Cl)c(Cl)cc2c1N=C(Nc1ccc3cn[nH]c3c1)NS2. The van der Waals surface area contributed by atoms with E-state index < -0.39 is 0 Å². The Morgan fingerprint density at radius 3 is 2.96 bits per heavy atom. The Labute approximate surface area is 145 Å². The summed E-state index contributed by atoms with van der Waals surface area (Å²) in [4.78, 5) is 5.06. The molecule has 0 atom stereocenters. The quantitative estimate of drug-likeness (QED) is 0.483. The summed E-state index contributed by atoms with van der Waals surface area (Å²) in [6.45, 7) is 0. The van der Waals surface area contributed by atoms with Crippen LogP contribution in [0.3, 0.4) is 0 Å². The lowest BCUT2D eigenvalue weighted by Gasteiger charge is -2.19. The van der Waals surface area contributed by atoms with Crippen LogP contribution in [0.25, 0.3) is 10.9 Å². The Balaban J connectivity index is 1.69. The van der Waals surface area contributed by atoms with Gasteiger partial charge in [-0.25, -0.2) is 4.99 Å². The lowest BCUT2D eigenvalue weighted by atomic mass is 10.2. The van der Waals surface area contributed by atoms with E-state index in [1.807, 2.05) is 18.2 Å². The molecule has 6 nitrogen and oxygen atoms in total. The molecule has 0 amide bonds. The number of hydrogen-bond donors (Lipinski definition) is 4. The number of aromatic amines is 1. The van der Waals surface area contributed by atoms with Crippen LogP contribution in [0.5, 0.6) is 5.75 Å². The molecule has 0 unspecified atom stereocenters. The van der Waals surface area contributed by atoms with Crippen LogP contribution >= 0.6 is 35.1 Å². The van der Waals surface area contributed by atoms with E-state index in [1.54, 1.807) is 12.3 Å². The largest absolute Gasteiger partial charge is 0.504 e. The first-order valence-corrected chi connectivity index (χ1v) is 8.12. The van der Waals surface area contributed by atoms with Gasteiger partial charge >= 0.3 is 0 Å². The van der Waals surface area contributed by atoms with E-state index in [-0.39, 0.29) is 15.8 Å². The molecule has 1 aliphatic heterocycles. The number of hydrogen-bond acceptors (Lipinski definition) is 6. The van der Waals surface area contributed by atoms with Gasteiger partial charge in [-0.1, -0.05) is 23.2 Å². The number of nitrogens with zero attached hydrogens (tertiary/aromatic N) is 2. The van der Waals surface area contributed by atoms with Crippen molar-refractivity contribution < 1.29 is 5.11 Å². The Kier molecular flexibility index (Phi) is 3.48. The molecule has 0 aliphatic carbocycles. The van der Waals surface area contributed by atoms with Crippen molar-refractivity contribution in [3.05, 3.63) is 40.5 Å². The highest BCUT2D eigenvalue weighted by molar-refractivity contribution is 7.98. The maximum atomic E-state index is 10.1. The average molecular weight is 366 g/mol. The third kappa shape index (κ3) is 2.56. The van der Waals surface area contributed by atoms with Gasteiger partial charge in [-0.15, -0.1) is 0 Å². The van der Waals surface area contributed by atoms with Gasteiger partial charge in [0.05, 0.1) is 21.6 Å². The number of fused-ring (bicyclic) bond motifs is 2. The summed E-state index contributed by atoms with van der Waals surface area (Å²) in [5.74, 6) is 0.349. The number of anilines is 1. The molecule has 4 N–H and O–H groups in total. The van der Waals surface area contributed by atoms with Crippen molar-refractivity contribution in [1.82, 2.24) is 14.9 Å². The summed E-state index contributed by atoms with van der Waals surface area (Å²) in [6, 6.07) is 7.44. The minimum absolute atomic E-state index is 0.0925. The topological polar surface area (TPSA) is 85.3 Å². The first-order valence-electron chi connectivity index (χ1n) is 6.54. The molecule has 0 bridgehead atoms. The van der Waals surface area contributed by atoms with Gasteiger partial charge in [-0.3, -0.25) is 9.82 Å². The summed E-state index contributed by atoms with van der Waals surface area (Å²) < 4.78 is 3.06. The van der Waals surface area contributed by atoms with Crippen LogP contribution in [0.4, 0.5) is 11.4 Å². The molecule has 0 saturated carbocycles. The van der Waals surface area contributed by atoms with Crippen molar-refractivity contribution in [3.8, 4) is 5.75 Å². The van der Waals surface area contributed by atoms with Crippen LogP contribution in [0.1, 0.15) is 0 Å². The number of aromatic hydroxyl groups is 1. The summed E-state index contributed by atoms with van der Waals surface area (Å²) >= 11 is 13.2. The zero-order valence-corrected chi connectivity index (χ0v) is 13.7. The molecule has 2 aromatic carbocycles. The van der Waals surface area contributed by atoms with Crippen LogP contribution in [0, 0.1) is 0 Å². The fraction of sp³-hybridized carbons (Fsp3) is 0. The summed E-state index contributed by atoms with van der Waals surface area (Å²) in [6.07, 6.45) is 1.76. The predicted octanol–water partition coefficient (Wildman–Crippen LogP) is 4.29. The van der Waals surface area contributed by atoms with Crippen molar-refractivity contribution >= 4 is 63.4 Å². The summed E-state index contributed by atoms with van der Waals surface area (Å²) in [7, 11) is 0. The monoisotopic (exact) mass is 365 g/mol. The minimum atomic E-state index is -0.133. The number of nitrogens with one attached hydrogen (secondary N) is 3. The Bertz CT molecular complexity index is 956. The van der Waals surface area contributed by atoms with Crippen molar-refractivity contribution in [2.24, 2.45) is 4.99 Å². The van der Waals surface area contributed by atoms with Gasteiger partial charge in [0, 0.05) is 11.1 Å². The molecule has 1 aliphatic rings. The van der Waals surface area contributed by atoms with Crippen molar-refractivity contribution in [2.75, 3.05) is 5.32 Å². The van der Waals surface area contributed by atoms with Gasteiger partial charge < -0.3 is 10.4 Å². The minimum Gasteiger partial charge on any atom is -0.504 e. The van der Waals surface area contributed by atoms with E-state index in [9.17, 15) is 5.11 Å². The number of guanidine groups is 1. The first kappa shape index (κ1) is 14.5. The molecular weight excluding hydrogens is 357 g/mol. The highest BCUT2D eigenvalue weighted by Gasteiger charge is 2.20. The molecule has 23 heavy (non-hydrogen) atoms. The van der Waals surface area contributed by atoms with Crippen molar-refractivity contribution in [2.45, 2.75) is 4.90 Å². The first-order chi connectivity index (χ1) is 11.1. The second kappa shape index (κ2) is 5.52. The normalized spacial score (nSPS) is 13.4. The van der Waals surface area contributed by atoms with Gasteiger partial charge in [0.1, 0.15) is 10.7 Å². The predicted molar refractivity (Wildman–Crippen MR) is 93.9 cm³/mol.